The number of esters is 1. The fraction of sp³-hybridized carbons (Fsp3) is 0.323. The second-order valence-electron chi connectivity index (χ2n) is 9.80. The number of ether oxygens (including phenoxy) is 1. The van der Waals surface area contributed by atoms with E-state index in [0.29, 0.717) is 17.4 Å². The summed E-state index contributed by atoms with van der Waals surface area (Å²) < 4.78 is 10.9. The van der Waals surface area contributed by atoms with Crippen molar-refractivity contribution in [3.8, 4) is 11.5 Å². The van der Waals surface area contributed by atoms with Gasteiger partial charge in [-0.1, -0.05) is 37.1 Å². The van der Waals surface area contributed by atoms with Crippen LogP contribution in [0.25, 0.3) is 22.6 Å². The quantitative estimate of drug-likeness (QED) is 0.249. The highest BCUT2D eigenvalue weighted by atomic mass is 16.5. The second-order valence-corrected chi connectivity index (χ2v) is 9.80. The highest BCUT2D eigenvalue weighted by Crippen LogP contribution is 2.38. The van der Waals surface area contributed by atoms with E-state index in [1.54, 1.807) is 26.0 Å². The third kappa shape index (κ3) is 5.72. The minimum absolute atomic E-state index is 0.152. The molecule has 7 heteroatoms. The summed E-state index contributed by atoms with van der Waals surface area (Å²) in [6.07, 6.45) is 4.83. The van der Waals surface area contributed by atoms with Crippen molar-refractivity contribution >= 4 is 28.7 Å². The van der Waals surface area contributed by atoms with Gasteiger partial charge in [-0.15, -0.1) is 0 Å². The number of nitrogens with zero attached hydrogens (tertiary/aromatic N) is 1. The fourth-order valence-electron chi connectivity index (χ4n) is 5.10. The maximum Gasteiger partial charge on any atom is 0.328 e. The number of carbonyl (C=O) groups excluding carboxylic acids is 2. The smallest absolute Gasteiger partial charge is 0.328 e. The van der Waals surface area contributed by atoms with Gasteiger partial charge >= 0.3 is 5.97 Å². The molecule has 2 atom stereocenters. The van der Waals surface area contributed by atoms with Crippen LogP contribution in [-0.2, 0) is 9.53 Å². The molecule has 196 valence electrons. The second kappa shape index (κ2) is 11.5. The zero-order chi connectivity index (χ0) is 26.5. The van der Waals surface area contributed by atoms with Gasteiger partial charge < -0.3 is 19.8 Å². The summed E-state index contributed by atoms with van der Waals surface area (Å²) in [5.74, 6) is 0.396. The first-order valence-electron chi connectivity index (χ1n) is 13.3. The van der Waals surface area contributed by atoms with Gasteiger partial charge in [0.05, 0.1) is 12.6 Å². The van der Waals surface area contributed by atoms with E-state index in [2.05, 4.69) is 39.9 Å². The zero-order valence-corrected chi connectivity index (χ0v) is 21.8. The minimum atomic E-state index is -0.704. The number of hydrogen-bond acceptors (Lipinski definition) is 6. The number of hydrogen-bond donors (Lipinski definition) is 2. The summed E-state index contributed by atoms with van der Waals surface area (Å²) in [5.41, 5.74) is 5.23. The number of para-hydroxylation sites is 2. The molecule has 38 heavy (non-hydrogen) atoms. The Labute approximate surface area is 222 Å². The first-order chi connectivity index (χ1) is 18.5. The molecule has 7 nitrogen and oxygen atoms in total. The van der Waals surface area contributed by atoms with E-state index in [0.717, 1.165) is 22.4 Å². The van der Waals surface area contributed by atoms with E-state index in [4.69, 9.17) is 9.15 Å². The van der Waals surface area contributed by atoms with Crippen LogP contribution in [0.4, 0.5) is 5.69 Å². The van der Waals surface area contributed by atoms with Gasteiger partial charge in [-0.05, 0) is 86.7 Å². The number of oxazole rings is 1. The van der Waals surface area contributed by atoms with E-state index >= 15 is 0 Å². The van der Waals surface area contributed by atoms with Gasteiger partial charge in [0.2, 0.25) is 5.89 Å². The molecule has 1 aliphatic rings. The van der Waals surface area contributed by atoms with Crippen LogP contribution in [0.15, 0.2) is 77.2 Å². The van der Waals surface area contributed by atoms with Crippen LogP contribution in [0.5, 0.6) is 0 Å². The lowest BCUT2D eigenvalue weighted by Crippen LogP contribution is -2.39. The van der Waals surface area contributed by atoms with E-state index in [1.165, 1.54) is 31.2 Å². The number of anilines is 1. The molecule has 3 aromatic carbocycles. The third-order valence-corrected chi connectivity index (χ3v) is 7.14. The predicted octanol–water partition coefficient (Wildman–Crippen LogP) is 6.52. The molecule has 1 aromatic heterocycles. The minimum Gasteiger partial charge on any atom is -0.464 e. The Bertz CT molecular complexity index is 1360. The topological polar surface area (TPSA) is 93.5 Å². The molecule has 1 aliphatic carbocycles. The highest BCUT2D eigenvalue weighted by molar-refractivity contribution is 5.97. The maximum atomic E-state index is 12.6. The van der Waals surface area contributed by atoms with Crippen molar-refractivity contribution in [2.75, 3.05) is 11.9 Å². The number of fused-ring (bicyclic) bond motifs is 1. The van der Waals surface area contributed by atoms with Crippen molar-refractivity contribution in [3.63, 3.8) is 0 Å². The van der Waals surface area contributed by atoms with Crippen LogP contribution >= 0.6 is 0 Å². The van der Waals surface area contributed by atoms with Crippen LogP contribution < -0.4 is 10.6 Å². The molecule has 1 saturated carbocycles. The van der Waals surface area contributed by atoms with Gasteiger partial charge in [0.25, 0.3) is 5.91 Å². The Balaban J connectivity index is 1.30. The summed E-state index contributed by atoms with van der Waals surface area (Å²) in [6.45, 7) is 3.64. The molecule has 5 rings (SSSR count). The molecule has 2 N–H and O–H groups in total. The number of nitrogens with one attached hydrogen (secondary N) is 2. The normalized spacial score (nSPS) is 15.2. The van der Waals surface area contributed by atoms with Gasteiger partial charge in [-0.2, -0.15) is 0 Å². The standard InChI is InChI=1S/C31H33N3O4/c1-3-37-31(36)20(2)32-29(35)23-16-18-25(19-17-23)33-28(21-8-4-5-9-21)22-12-14-24(15-13-22)30-34-26-10-6-7-11-27(26)38-30/h6-7,10-21,28,33H,3-5,8-9H2,1-2H3,(H,32,35)/t20-,28?/m0/s1. The fourth-order valence-corrected chi connectivity index (χ4v) is 5.10. The van der Waals surface area contributed by atoms with E-state index < -0.39 is 12.0 Å². The maximum absolute atomic E-state index is 12.6. The third-order valence-electron chi connectivity index (χ3n) is 7.14. The van der Waals surface area contributed by atoms with Gasteiger partial charge in [0.1, 0.15) is 11.6 Å². The largest absolute Gasteiger partial charge is 0.464 e. The molecule has 1 unspecified atom stereocenters. The molecule has 1 fully saturated rings. The van der Waals surface area contributed by atoms with Crippen molar-refractivity contribution in [2.24, 2.45) is 5.92 Å². The van der Waals surface area contributed by atoms with Crippen LogP contribution in [0.3, 0.4) is 0 Å². The Morgan fingerprint density at radius 3 is 2.39 bits per heavy atom. The molecular formula is C31H33N3O4. The zero-order valence-electron chi connectivity index (χ0n) is 21.8. The first kappa shape index (κ1) is 25.5. The van der Waals surface area contributed by atoms with E-state index in [1.807, 2.05) is 36.4 Å². The lowest BCUT2D eigenvalue weighted by molar-refractivity contribution is -0.144. The Morgan fingerprint density at radius 2 is 1.71 bits per heavy atom. The molecule has 0 spiro atoms. The SMILES string of the molecule is CCOC(=O)[C@H](C)NC(=O)c1ccc(NC(c2ccc(-c3nc4ccccc4o3)cc2)C2CCCC2)cc1. The van der Waals surface area contributed by atoms with Gasteiger partial charge in [-0.3, -0.25) is 4.79 Å². The van der Waals surface area contributed by atoms with E-state index in [-0.39, 0.29) is 18.6 Å². The van der Waals surface area contributed by atoms with Crippen LogP contribution in [-0.4, -0.2) is 29.5 Å². The van der Waals surface area contributed by atoms with Crippen molar-refractivity contribution in [3.05, 3.63) is 83.9 Å². The molecule has 0 bridgehead atoms. The summed E-state index contributed by atoms with van der Waals surface area (Å²) >= 11 is 0. The monoisotopic (exact) mass is 511 g/mol. The lowest BCUT2D eigenvalue weighted by atomic mass is 9.90. The Hall–Kier alpha value is -4.13. The first-order valence-corrected chi connectivity index (χ1v) is 13.3. The summed E-state index contributed by atoms with van der Waals surface area (Å²) in [5, 5.41) is 6.41. The summed E-state index contributed by atoms with van der Waals surface area (Å²) in [4.78, 5) is 29.0. The number of rotatable bonds is 9. The number of amides is 1. The number of benzene rings is 3. The van der Waals surface area contributed by atoms with Crippen molar-refractivity contribution < 1.29 is 18.7 Å². The Morgan fingerprint density at radius 1 is 1.00 bits per heavy atom. The van der Waals surface area contributed by atoms with Crippen LogP contribution in [0, 0.1) is 5.92 Å². The molecule has 1 heterocycles. The molecule has 1 amide bonds. The molecule has 0 radical (unpaired) electrons. The highest BCUT2D eigenvalue weighted by Gasteiger charge is 2.27. The average molecular weight is 512 g/mol. The van der Waals surface area contributed by atoms with Crippen molar-refractivity contribution in [1.29, 1.82) is 0 Å². The molecule has 0 saturated heterocycles. The summed E-state index contributed by atoms with van der Waals surface area (Å²) in [6, 6.07) is 23.1. The van der Waals surface area contributed by atoms with Crippen LogP contribution in [0.1, 0.15) is 61.5 Å². The number of aromatic nitrogens is 1. The van der Waals surface area contributed by atoms with Gasteiger partial charge in [0, 0.05) is 16.8 Å². The molecular weight excluding hydrogens is 478 g/mol. The summed E-state index contributed by atoms with van der Waals surface area (Å²) in [7, 11) is 0. The molecule has 0 aliphatic heterocycles. The van der Waals surface area contributed by atoms with Crippen molar-refractivity contribution in [2.45, 2.75) is 51.6 Å². The van der Waals surface area contributed by atoms with Gasteiger partial charge in [-0.25, -0.2) is 9.78 Å². The lowest BCUT2D eigenvalue weighted by Gasteiger charge is -2.26. The predicted molar refractivity (Wildman–Crippen MR) is 148 cm³/mol. The Kier molecular flexibility index (Phi) is 7.73. The van der Waals surface area contributed by atoms with Crippen molar-refractivity contribution in [1.82, 2.24) is 10.3 Å². The average Bonchev–Trinajstić information content (AvgIpc) is 3.63. The van der Waals surface area contributed by atoms with Crippen LogP contribution in [0.2, 0.25) is 0 Å². The number of carbonyl (C=O) groups is 2. The van der Waals surface area contributed by atoms with E-state index in [9.17, 15) is 9.59 Å². The molecule has 4 aromatic rings. The van der Waals surface area contributed by atoms with Gasteiger partial charge in [0.15, 0.2) is 5.58 Å².